The summed E-state index contributed by atoms with van der Waals surface area (Å²) in [6, 6.07) is 9.46. The van der Waals surface area contributed by atoms with Gasteiger partial charge in [-0.15, -0.1) is 0 Å². The lowest BCUT2D eigenvalue weighted by Gasteiger charge is -2.19. The summed E-state index contributed by atoms with van der Waals surface area (Å²) in [5.74, 6) is -1.29. The molecule has 0 bridgehead atoms. The average Bonchev–Trinajstić information content (AvgIpc) is 3.22. The van der Waals surface area contributed by atoms with Gasteiger partial charge in [0.05, 0.1) is 34.4 Å². The van der Waals surface area contributed by atoms with Crippen molar-refractivity contribution in [2.45, 2.75) is 6.18 Å². The number of carbonyl (C=O) groups is 2. The highest BCUT2D eigenvalue weighted by Gasteiger charge is 2.39. The maximum atomic E-state index is 13.5. The van der Waals surface area contributed by atoms with Gasteiger partial charge >= 0.3 is 6.18 Å². The number of imide groups is 1. The number of hydrogen-bond acceptors (Lipinski definition) is 3. The Labute approximate surface area is 145 Å². The van der Waals surface area contributed by atoms with Gasteiger partial charge in [-0.3, -0.25) is 9.59 Å². The van der Waals surface area contributed by atoms with Crippen LogP contribution in [0.2, 0.25) is 0 Å². The van der Waals surface area contributed by atoms with Crippen molar-refractivity contribution in [2.75, 3.05) is 4.90 Å². The van der Waals surface area contributed by atoms with Crippen LogP contribution in [0.15, 0.2) is 61.2 Å². The lowest BCUT2D eigenvalue weighted by atomic mass is 10.1. The minimum Gasteiger partial charge on any atom is -0.306 e. The zero-order valence-corrected chi connectivity index (χ0v) is 13.1. The van der Waals surface area contributed by atoms with Crippen LogP contribution in [0.4, 0.5) is 18.9 Å². The molecule has 0 N–H and O–H groups in total. The van der Waals surface area contributed by atoms with Crippen LogP contribution in [-0.4, -0.2) is 21.4 Å². The molecule has 1 aliphatic rings. The van der Waals surface area contributed by atoms with E-state index >= 15 is 0 Å². The zero-order chi connectivity index (χ0) is 18.5. The van der Waals surface area contributed by atoms with Crippen LogP contribution in [0.25, 0.3) is 5.69 Å². The van der Waals surface area contributed by atoms with E-state index in [-0.39, 0.29) is 22.5 Å². The van der Waals surface area contributed by atoms with Crippen molar-refractivity contribution in [2.24, 2.45) is 0 Å². The lowest BCUT2D eigenvalue weighted by molar-refractivity contribution is -0.137. The number of halogens is 3. The highest BCUT2D eigenvalue weighted by atomic mass is 19.4. The van der Waals surface area contributed by atoms with Gasteiger partial charge in [0.1, 0.15) is 0 Å². The Morgan fingerprint density at radius 2 is 1.58 bits per heavy atom. The monoisotopic (exact) mass is 357 g/mol. The molecule has 0 spiro atoms. The van der Waals surface area contributed by atoms with Crippen molar-refractivity contribution in [3.05, 3.63) is 77.9 Å². The van der Waals surface area contributed by atoms with Gasteiger partial charge in [-0.25, -0.2) is 9.88 Å². The van der Waals surface area contributed by atoms with Crippen LogP contribution >= 0.6 is 0 Å². The number of imidazole rings is 1. The fourth-order valence-corrected chi connectivity index (χ4v) is 2.94. The molecule has 5 nitrogen and oxygen atoms in total. The number of benzene rings is 2. The molecular formula is C18H10F3N3O2. The molecular weight excluding hydrogens is 347 g/mol. The molecule has 130 valence electrons. The normalized spacial score (nSPS) is 14.0. The molecule has 0 atom stereocenters. The van der Waals surface area contributed by atoms with E-state index in [0.29, 0.717) is 0 Å². The maximum absolute atomic E-state index is 13.5. The van der Waals surface area contributed by atoms with E-state index in [4.69, 9.17) is 0 Å². The number of fused-ring (bicyclic) bond motifs is 1. The quantitative estimate of drug-likeness (QED) is 0.658. The highest BCUT2D eigenvalue weighted by molar-refractivity contribution is 6.34. The summed E-state index contributed by atoms with van der Waals surface area (Å²) < 4.78 is 41.8. The van der Waals surface area contributed by atoms with E-state index in [0.717, 1.165) is 11.0 Å². The van der Waals surface area contributed by atoms with Crippen molar-refractivity contribution in [1.82, 2.24) is 9.55 Å². The molecule has 0 radical (unpaired) electrons. The first-order valence-electron chi connectivity index (χ1n) is 7.55. The first-order chi connectivity index (χ1) is 12.4. The van der Waals surface area contributed by atoms with Gasteiger partial charge in [0, 0.05) is 12.4 Å². The van der Waals surface area contributed by atoms with Gasteiger partial charge in [-0.05, 0) is 30.3 Å². The third kappa shape index (κ3) is 2.38. The molecule has 2 amide bonds. The third-order valence-electron chi connectivity index (χ3n) is 4.12. The van der Waals surface area contributed by atoms with E-state index in [1.54, 1.807) is 12.1 Å². The number of amides is 2. The minimum absolute atomic E-state index is 0.132. The topological polar surface area (TPSA) is 55.2 Å². The largest absolute Gasteiger partial charge is 0.418 e. The third-order valence-corrected chi connectivity index (χ3v) is 4.12. The number of carbonyl (C=O) groups excluding carboxylic acids is 2. The van der Waals surface area contributed by atoms with E-state index in [1.807, 2.05) is 0 Å². The van der Waals surface area contributed by atoms with Gasteiger partial charge < -0.3 is 4.57 Å². The number of hydrogen-bond donors (Lipinski definition) is 0. The standard InChI is InChI=1S/C18H10F3N3O2/c19-18(20,21)14-9-11(5-6-15(14)23-8-7-22-10-23)24-16(25)12-3-1-2-4-13(12)17(24)26/h1-10H. The summed E-state index contributed by atoms with van der Waals surface area (Å²) in [6.07, 6.45) is -0.689. The second-order valence-corrected chi connectivity index (χ2v) is 5.66. The Morgan fingerprint density at radius 1 is 0.923 bits per heavy atom. The molecule has 26 heavy (non-hydrogen) atoms. The molecule has 8 heteroatoms. The maximum Gasteiger partial charge on any atom is 0.418 e. The van der Waals surface area contributed by atoms with Crippen LogP contribution in [0, 0.1) is 0 Å². The van der Waals surface area contributed by atoms with Crippen molar-refractivity contribution in [3.8, 4) is 5.69 Å². The van der Waals surface area contributed by atoms with Crippen LogP contribution in [0.3, 0.4) is 0 Å². The highest BCUT2D eigenvalue weighted by Crippen LogP contribution is 2.38. The van der Waals surface area contributed by atoms with Gasteiger partial charge in [0.25, 0.3) is 11.8 Å². The summed E-state index contributed by atoms with van der Waals surface area (Å²) in [5.41, 5.74) is -0.901. The smallest absolute Gasteiger partial charge is 0.306 e. The first kappa shape index (κ1) is 16.1. The molecule has 0 saturated heterocycles. The number of nitrogens with zero attached hydrogens (tertiary/aromatic N) is 3. The van der Waals surface area contributed by atoms with Gasteiger partial charge in [0.15, 0.2) is 0 Å². The molecule has 0 unspecified atom stereocenters. The Balaban J connectivity index is 1.85. The zero-order valence-electron chi connectivity index (χ0n) is 13.1. The van der Waals surface area contributed by atoms with Crippen LogP contribution in [-0.2, 0) is 6.18 Å². The molecule has 0 saturated carbocycles. The van der Waals surface area contributed by atoms with Crippen molar-refractivity contribution >= 4 is 17.5 Å². The molecule has 0 fully saturated rings. The fourth-order valence-electron chi connectivity index (χ4n) is 2.94. The minimum atomic E-state index is -4.67. The Kier molecular flexibility index (Phi) is 3.43. The van der Waals surface area contributed by atoms with Crippen LogP contribution in [0.5, 0.6) is 0 Å². The summed E-state index contributed by atoms with van der Waals surface area (Å²) >= 11 is 0. The summed E-state index contributed by atoms with van der Waals surface area (Å²) in [7, 11) is 0. The van der Waals surface area contributed by atoms with Gasteiger partial charge in [-0.2, -0.15) is 13.2 Å². The van der Waals surface area contributed by atoms with Gasteiger partial charge in [0.2, 0.25) is 0 Å². The number of alkyl halides is 3. The van der Waals surface area contributed by atoms with Crippen LogP contribution in [0.1, 0.15) is 26.3 Å². The predicted octanol–water partition coefficient (Wildman–Crippen LogP) is 3.69. The molecule has 3 aromatic rings. The molecule has 1 aromatic heterocycles. The molecule has 0 aliphatic carbocycles. The molecule has 4 rings (SSSR count). The van der Waals surface area contributed by atoms with Crippen molar-refractivity contribution in [3.63, 3.8) is 0 Å². The molecule has 1 aliphatic heterocycles. The predicted molar refractivity (Wildman–Crippen MR) is 86.1 cm³/mol. The second kappa shape index (κ2) is 5.55. The second-order valence-electron chi connectivity index (χ2n) is 5.66. The number of aromatic nitrogens is 2. The Bertz CT molecular complexity index is 991. The molecule has 2 heterocycles. The van der Waals surface area contributed by atoms with E-state index in [9.17, 15) is 22.8 Å². The average molecular weight is 357 g/mol. The lowest BCUT2D eigenvalue weighted by Crippen LogP contribution is -2.29. The summed E-state index contributed by atoms with van der Waals surface area (Å²) in [5, 5.41) is 0. The van der Waals surface area contributed by atoms with Crippen molar-refractivity contribution in [1.29, 1.82) is 0 Å². The Morgan fingerprint density at radius 3 is 2.12 bits per heavy atom. The van der Waals surface area contributed by atoms with Crippen molar-refractivity contribution < 1.29 is 22.8 Å². The van der Waals surface area contributed by atoms with E-state index in [2.05, 4.69) is 4.98 Å². The summed E-state index contributed by atoms with van der Waals surface area (Å²) in [4.78, 5) is 29.5. The number of anilines is 1. The SMILES string of the molecule is O=C1c2ccccc2C(=O)N1c1ccc(-n2ccnc2)c(C(F)(F)F)c1. The summed E-state index contributed by atoms with van der Waals surface area (Å²) in [6.45, 7) is 0. The van der Waals surface area contributed by atoms with Crippen LogP contribution < -0.4 is 4.90 Å². The fraction of sp³-hybridized carbons (Fsp3) is 0.0556. The van der Waals surface area contributed by atoms with E-state index < -0.39 is 23.6 Å². The molecule has 2 aromatic carbocycles. The first-order valence-corrected chi connectivity index (χ1v) is 7.55. The van der Waals surface area contributed by atoms with E-state index in [1.165, 1.54) is 47.6 Å². The number of rotatable bonds is 2. The Hall–Kier alpha value is -3.42. The van der Waals surface area contributed by atoms with Gasteiger partial charge in [-0.1, -0.05) is 12.1 Å².